The molecule has 0 aliphatic carbocycles. The van der Waals surface area contributed by atoms with E-state index in [-0.39, 0.29) is 11.8 Å². The van der Waals surface area contributed by atoms with Crippen LogP contribution in [0.25, 0.3) is 0 Å². The summed E-state index contributed by atoms with van der Waals surface area (Å²) in [7, 11) is -3.45. The molecule has 0 atom stereocenters. The lowest BCUT2D eigenvalue weighted by Crippen LogP contribution is -2.49. The highest BCUT2D eigenvalue weighted by atomic mass is 35.5. The molecule has 3 rings (SSSR count). The normalized spacial score (nSPS) is 15.0. The van der Waals surface area contributed by atoms with Gasteiger partial charge in [-0.2, -0.15) is 0 Å². The molecule has 2 amide bonds. The summed E-state index contributed by atoms with van der Waals surface area (Å²) in [4.78, 5) is 16.5. The Bertz CT molecular complexity index is 961. The molecule has 0 radical (unpaired) electrons. The smallest absolute Gasteiger partial charge is 0.320 e. The number of carbonyl (C=O) groups excluding carboxylic acids is 1. The molecule has 1 fully saturated rings. The average molecular weight is 422 g/mol. The van der Waals surface area contributed by atoms with Gasteiger partial charge < -0.3 is 4.90 Å². The third kappa shape index (κ3) is 4.77. The van der Waals surface area contributed by atoms with Gasteiger partial charge in [0.05, 0.1) is 17.1 Å². The number of nitrogens with one attached hydrogen (secondary N) is 1. The van der Waals surface area contributed by atoms with Gasteiger partial charge in [-0.3, -0.25) is 9.62 Å². The zero-order valence-corrected chi connectivity index (χ0v) is 17.6. The second kappa shape index (κ2) is 8.41. The molecule has 28 heavy (non-hydrogen) atoms. The number of halogens is 1. The van der Waals surface area contributed by atoms with E-state index in [1.165, 1.54) is 0 Å². The molecule has 2 aromatic carbocycles. The first-order chi connectivity index (χ1) is 13.3. The number of hydrogen-bond acceptors (Lipinski definition) is 3. The van der Waals surface area contributed by atoms with Crippen molar-refractivity contribution in [3.8, 4) is 0 Å². The molecular weight excluding hydrogens is 398 g/mol. The van der Waals surface area contributed by atoms with Crippen LogP contribution in [-0.4, -0.2) is 38.2 Å². The molecule has 1 aliphatic rings. The van der Waals surface area contributed by atoms with Crippen LogP contribution in [0.4, 0.5) is 16.2 Å². The summed E-state index contributed by atoms with van der Waals surface area (Å²) in [6, 6.07) is 12.7. The fourth-order valence-corrected chi connectivity index (χ4v) is 3.94. The Balaban J connectivity index is 1.86. The van der Waals surface area contributed by atoms with Crippen LogP contribution in [0.2, 0.25) is 5.02 Å². The van der Waals surface area contributed by atoms with E-state index >= 15 is 0 Å². The monoisotopic (exact) mass is 421 g/mol. The van der Waals surface area contributed by atoms with E-state index in [2.05, 4.69) is 4.72 Å². The van der Waals surface area contributed by atoms with Crippen LogP contribution >= 0.6 is 11.6 Å². The van der Waals surface area contributed by atoms with Crippen molar-refractivity contribution in [1.82, 2.24) is 4.90 Å². The Morgan fingerprint density at radius 1 is 1.11 bits per heavy atom. The number of carbonyl (C=O) groups is 1. The fourth-order valence-electron chi connectivity index (χ4n) is 3.17. The lowest BCUT2D eigenvalue weighted by atomic mass is 10.1. The molecule has 150 valence electrons. The second-order valence-corrected chi connectivity index (χ2v) is 9.31. The topological polar surface area (TPSA) is 69.7 Å². The van der Waals surface area contributed by atoms with E-state index in [0.29, 0.717) is 36.0 Å². The molecule has 0 spiro atoms. The van der Waals surface area contributed by atoms with Crippen molar-refractivity contribution in [2.45, 2.75) is 26.8 Å². The van der Waals surface area contributed by atoms with Gasteiger partial charge in [-0.15, -0.1) is 0 Å². The lowest BCUT2D eigenvalue weighted by molar-refractivity contribution is 0.192. The van der Waals surface area contributed by atoms with Crippen LogP contribution in [0.5, 0.6) is 0 Å². The maximum Gasteiger partial charge on any atom is 0.324 e. The molecule has 2 aromatic rings. The van der Waals surface area contributed by atoms with Crippen molar-refractivity contribution in [3.63, 3.8) is 0 Å². The van der Waals surface area contributed by atoms with Gasteiger partial charge in [-0.1, -0.05) is 29.8 Å². The minimum Gasteiger partial charge on any atom is -0.320 e. The van der Waals surface area contributed by atoms with E-state index in [1.54, 1.807) is 41.0 Å². The molecule has 0 bridgehead atoms. The average Bonchev–Trinajstić information content (AvgIpc) is 2.65. The summed E-state index contributed by atoms with van der Waals surface area (Å²) in [6.45, 7) is 5.14. The van der Waals surface area contributed by atoms with E-state index in [9.17, 15) is 13.2 Å². The van der Waals surface area contributed by atoms with E-state index in [0.717, 1.165) is 17.5 Å². The number of aryl methyl sites for hydroxylation is 1. The summed E-state index contributed by atoms with van der Waals surface area (Å²) in [5.41, 5.74) is 2.92. The van der Waals surface area contributed by atoms with Gasteiger partial charge in [0.1, 0.15) is 0 Å². The van der Waals surface area contributed by atoms with Crippen LogP contribution in [0.1, 0.15) is 24.5 Å². The third-order valence-corrected chi connectivity index (χ3v) is 6.23. The first-order valence-corrected chi connectivity index (χ1v) is 11.2. The molecule has 1 N–H and O–H groups in total. The van der Waals surface area contributed by atoms with Gasteiger partial charge in [0.25, 0.3) is 0 Å². The van der Waals surface area contributed by atoms with Gasteiger partial charge in [0.2, 0.25) is 10.0 Å². The third-order valence-electron chi connectivity index (χ3n) is 4.69. The van der Waals surface area contributed by atoms with Crippen LogP contribution in [-0.2, 0) is 16.6 Å². The van der Waals surface area contributed by atoms with Crippen molar-refractivity contribution in [2.75, 3.05) is 28.5 Å². The summed E-state index contributed by atoms with van der Waals surface area (Å²) >= 11 is 5.94. The van der Waals surface area contributed by atoms with Crippen LogP contribution in [0, 0.1) is 6.92 Å². The largest absolute Gasteiger partial charge is 0.324 e. The fraction of sp³-hybridized carbons (Fsp3) is 0.350. The molecular formula is C20H24ClN3O3S. The number of benzene rings is 2. The Morgan fingerprint density at radius 2 is 1.82 bits per heavy atom. The van der Waals surface area contributed by atoms with Crippen molar-refractivity contribution in [2.24, 2.45) is 0 Å². The SMILES string of the molecule is CCS(=O)(=O)Nc1cc(C)ccc1N1CCCN(Cc2ccc(Cl)cc2)C1=O. The Kier molecular flexibility index (Phi) is 6.15. The van der Waals surface area contributed by atoms with Gasteiger partial charge in [-0.05, 0) is 55.7 Å². The Hall–Kier alpha value is -2.25. The Morgan fingerprint density at radius 3 is 2.50 bits per heavy atom. The number of urea groups is 1. The highest BCUT2D eigenvalue weighted by Crippen LogP contribution is 2.31. The quantitative estimate of drug-likeness (QED) is 0.758. The van der Waals surface area contributed by atoms with Crippen LogP contribution < -0.4 is 9.62 Å². The molecule has 8 heteroatoms. The number of sulfonamides is 1. The van der Waals surface area contributed by atoms with Crippen molar-refractivity contribution in [1.29, 1.82) is 0 Å². The minimum absolute atomic E-state index is 0.0307. The Labute approximate surface area is 171 Å². The van der Waals surface area contributed by atoms with E-state index < -0.39 is 10.0 Å². The molecule has 1 saturated heterocycles. The van der Waals surface area contributed by atoms with Gasteiger partial charge in [0.15, 0.2) is 0 Å². The summed E-state index contributed by atoms with van der Waals surface area (Å²) in [5, 5.41) is 0.655. The van der Waals surface area contributed by atoms with Crippen LogP contribution in [0.3, 0.4) is 0 Å². The first kappa shape index (κ1) is 20.5. The van der Waals surface area contributed by atoms with Crippen LogP contribution in [0.15, 0.2) is 42.5 Å². The van der Waals surface area contributed by atoms with E-state index in [4.69, 9.17) is 11.6 Å². The van der Waals surface area contributed by atoms with E-state index in [1.807, 2.05) is 25.1 Å². The maximum atomic E-state index is 13.1. The molecule has 1 heterocycles. The molecule has 1 aliphatic heterocycles. The molecule has 0 aromatic heterocycles. The van der Waals surface area contributed by atoms with Crippen molar-refractivity contribution >= 4 is 39.0 Å². The minimum atomic E-state index is -3.45. The number of hydrogen-bond donors (Lipinski definition) is 1. The van der Waals surface area contributed by atoms with Gasteiger partial charge in [-0.25, -0.2) is 13.2 Å². The predicted octanol–water partition coefficient (Wildman–Crippen LogP) is 4.24. The molecule has 0 saturated carbocycles. The predicted molar refractivity (Wildman–Crippen MR) is 113 cm³/mol. The molecule has 6 nitrogen and oxygen atoms in total. The summed E-state index contributed by atoms with van der Waals surface area (Å²) < 4.78 is 26.8. The first-order valence-electron chi connectivity index (χ1n) is 9.21. The second-order valence-electron chi connectivity index (χ2n) is 6.86. The maximum absolute atomic E-state index is 13.1. The zero-order valence-electron chi connectivity index (χ0n) is 16.0. The van der Waals surface area contributed by atoms with Gasteiger partial charge >= 0.3 is 6.03 Å². The van der Waals surface area contributed by atoms with Crippen molar-refractivity contribution in [3.05, 3.63) is 58.6 Å². The number of amides is 2. The summed E-state index contributed by atoms with van der Waals surface area (Å²) in [6.07, 6.45) is 0.799. The standard InChI is InChI=1S/C20H24ClN3O3S/c1-3-28(26,27)22-18-13-15(2)5-10-19(18)24-12-4-11-23(20(24)25)14-16-6-8-17(21)9-7-16/h5-10,13,22H,3-4,11-12,14H2,1-2H3. The van der Waals surface area contributed by atoms with Crippen molar-refractivity contribution < 1.29 is 13.2 Å². The summed E-state index contributed by atoms with van der Waals surface area (Å²) in [5.74, 6) is -0.0307. The zero-order chi connectivity index (χ0) is 20.3. The molecule has 0 unspecified atom stereocenters. The highest BCUT2D eigenvalue weighted by molar-refractivity contribution is 7.92. The number of rotatable bonds is 6. The number of anilines is 2. The van der Waals surface area contributed by atoms with Gasteiger partial charge in [0, 0.05) is 24.7 Å². The number of nitrogens with zero attached hydrogens (tertiary/aromatic N) is 2. The lowest BCUT2D eigenvalue weighted by Gasteiger charge is -2.36. The highest BCUT2D eigenvalue weighted by Gasteiger charge is 2.29.